The lowest BCUT2D eigenvalue weighted by molar-refractivity contribution is -0.137. The van der Waals surface area contributed by atoms with E-state index in [4.69, 9.17) is 0 Å². The first-order chi connectivity index (χ1) is 13.8. The zero-order chi connectivity index (χ0) is 20.8. The van der Waals surface area contributed by atoms with Crippen molar-refractivity contribution >= 4 is 34.2 Å². The lowest BCUT2D eigenvalue weighted by Gasteiger charge is -2.26. The van der Waals surface area contributed by atoms with Crippen LogP contribution in [0.25, 0.3) is 10.8 Å². The highest BCUT2D eigenvalue weighted by atomic mass is 19.4. The molecule has 4 rings (SSSR count). The van der Waals surface area contributed by atoms with Gasteiger partial charge in [-0.05, 0) is 29.7 Å². The van der Waals surface area contributed by atoms with Crippen LogP contribution in [-0.4, -0.2) is 29.2 Å². The van der Waals surface area contributed by atoms with Crippen molar-refractivity contribution in [1.82, 2.24) is 4.90 Å². The van der Waals surface area contributed by atoms with Crippen molar-refractivity contribution in [1.29, 1.82) is 0 Å². The second kappa shape index (κ2) is 6.73. The SMILES string of the molecule is O=C(CN1C(=O)c2cccc3cccc(c23)C1=O)Nc1ccccc1C(F)(F)F. The normalized spacial score (nSPS) is 13.7. The third-order valence-corrected chi connectivity index (χ3v) is 4.66. The van der Waals surface area contributed by atoms with Gasteiger partial charge in [0.1, 0.15) is 6.54 Å². The van der Waals surface area contributed by atoms with Gasteiger partial charge < -0.3 is 5.32 Å². The summed E-state index contributed by atoms with van der Waals surface area (Å²) in [5.74, 6) is -2.24. The molecule has 0 atom stereocenters. The molecule has 3 amide bonds. The Morgan fingerprint density at radius 3 is 2.03 bits per heavy atom. The van der Waals surface area contributed by atoms with Gasteiger partial charge in [0, 0.05) is 16.5 Å². The van der Waals surface area contributed by atoms with Gasteiger partial charge in [-0.3, -0.25) is 19.3 Å². The van der Waals surface area contributed by atoms with E-state index in [1.54, 1.807) is 36.4 Å². The third-order valence-electron chi connectivity index (χ3n) is 4.66. The fourth-order valence-electron chi connectivity index (χ4n) is 3.40. The van der Waals surface area contributed by atoms with Gasteiger partial charge in [0.05, 0.1) is 11.3 Å². The van der Waals surface area contributed by atoms with E-state index in [2.05, 4.69) is 5.32 Å². The first kappa shape index (κ1) is 18.7. The van der Waals surface area contributed by atoms with Crippen LogP contribution >= 0.6 is 0 Å². The number of alkyl halides is 3. The number of rotatable bonds is 3. The Bertz CT molecular complexity index is 1120. The number of carbonyl (C=O) groups is 3. The minimum Gasteiger partial charge on any atom is -0.324 e. The molecule has 0 spiro atoms. The molecule has 0 fully saturated rings. The van der Waals surface area contributed by atoms with E-state index in [1.807, 2.05) is 0 Å². The highest BCUT2D eigenvalue weighted by Gasteiger charge is 2.36. The molecular weight excluding hydrogens is 385 g/mol. The molecule has 0 aliphatic carbocycles. The van der Waals surface area contributed by atoms with Gasteiger partial charge in [0.15, 0.2) is 0 Å². The number of anilines is 1. The lowest BCUT2D eigenvalue weighted by Crippen LogP contribution is -2.44. The van der Waals surface area contributed by atoms with E-state index in [1.165, 1.54) is 12.1 Å². The van der Waals surface area contributed by atoms with Crippen LogP contribution in [0, 0.1) is 0 Å². The monoisotopic (exact) mass is 398 g/mol. The summed E-state index contributed by atoms with van der Waals surface area (Å²) in [4.78, 5) is 38.7. The number of hydrogen-bond acceptors (Lipinski definition) is 3. The molecule has 146 valence electrons. The zero-order valence-electron chi connectivity index (χ0n) is 14.8. The number of carbonyl (C=O) groups excluding carboxylic acids is 3. The van der Waals surface area contributed by atoms with Crippen LogP contribution in [0.2, 0.25) is 0 Å². The maximum Gasteiger partial charge on any atom is 0.418 e. The van der Waals surface area contributed by atoms with Crippen LogP contribution in [0.4, 0.5) is 18.9 Å². The fourth-order valence-corrected chi connectivity index (χ4v) is 3.40. The Morgan fingerprint density at radius 1 is 0.862 bits per heavy atom. The standard InChI is InChI=1S/C21H13F3N2O3/c22-21(23,24)15-9-1-2-10-16(15)25-17(27)11-26-19(28)13-7-3-5-12-6-4-8-14(18(12)13)20(26)29/h1-10H,11H2,(H,25,27). The number of nitrogens with one attached hydrogen (secondary N) is 1. The van der Waals surface area contributed by atoms with E-state index < -0.39 is 41.7 Å². The van der Waals surface area contributed by atoms with E-state index in [-0.39, 0.29) is 11.1 Å². The summed E-state index contributed by atoms with van der Waals surface area (Å²) in [5, 5.41) is 3.37. The first-order valence-corrected chi connectivity index (χ1v) is 8.61. The van der Waals surface area contributed by atoms with E-state index in [9.17, 15) is 27.6 Å². The van der Waals surface area contributed by atoms with Crippen molar-refractivity contribution in [3.63, 3.8) is 0 Å². The molecule has 8 heteroatoms. The molecule has 3 aromatic rings. The minimum atomic E-state index is -4.66. The van der Waals surface area contributed by atoms with E-state index in [0.717, 1.165) is 17.0 Å². The number of amides is 3. The number of benzene rings is 3. The van der Waals surface area contributed by atoms with Crippen LogP contribution in [0.3, 0.4) is 0 Å². The van der Waals surface area contributed by atoms with Gasteiger partial charge in [-0.15, -0.1) is 0 Å². The summed E-state index contributed by atoms with van der Waals surface area (Å²) in [5.41, 5.74) is -0.924. The molecule has 29 heavy (non-hydrogen) atoms. The Balaban J connectivity index is 1.62. The van der Waals surface area contributed by atoms with Gasteiger partial charge in [-0.1, -0.05) is 36.4 Å². The summed E-state index contributed by atoms with van der Waals surface area (Å²) < 4.78 is 39.3. The Hall–Kier alpha value is -3.68. The number of halogens is 3. The van der Waals surface area contributed by atoms with Crippen molar-refractivity contribution in [3.05, 3.63) is 77.4 Å². The van der Waals surface area contributed by atoms with Crippen molar-refractivity contribution in [2.45, 2.75) is 6.18 Å². The highest BCUT2D eigenvalue weighted by Crippen LogP contribution is 2.35. The smallest absolute Gasteiger partial charge is 0.324 e. The van der Waals surface area contributed by atoms with Gasteiger partial charge in [-0.25, -0.2) is 0 Å². The molecule has 0 saturated carbocycles. The molecule has 1 N–H and O–H groups in total. The van der Waals surface area contributed by atoms with E-state index >= 15 is 0 Å². The molecule has 0 saturated heterocycles. The molecule has 1 aliphatic heterocycles. The Kier molecular flexibility index (Phi) is 4.34. The highest BCUT2D eigenvalue weighted by molar-refractivity contribution is 6.26. The molecule has 1 aliphatic rings. The second-order valence-corrected chi connectivity index (χ2v) is 6.50. The molecule has 1 heterocycles. The average Bonchev–Trinajstić information content (AvgIpc) is 2.69. The number of para-hydroxylation sites is 1. The first-order valence-electron chi connectivity index (χ1n) is 8.61. The van der Waals surface area contributed by atoms with Crippen molar-refractivity contribution in [2.24, 2.45) is 0 Å². The number of hydrogen-bond donors (Lipinski definition) is 1. The van der Waals surface area contributed by atoms with Crippen molar-refractivity contribution < 1.29 is 27.6 Å². The van der Waals surface area contributed by atoms with Crippen LogP contribution in [0.5, 0.6) is 0 Å². The topological polar surface area (TPSA) is 66.5 Å². The lowest BCUT2D eigenvalue weighted by atomic mass is 9.94. The van der Waals surface area contributed by atoms with Gasteiger partial charge >= 0.3 is 6.18 Å². The van der Waals surface area contributed by atoms with Gasteiger partial charge in [0.2, 0.25) is 5.91 Å². The zero-order valence-corrected chi connectivity index (χ0v) is 14.8. The third kappa shape index (κ3) is 3.22. The largest absolute Gasteiger partial charge is 0.418 e. The van der Waals surface area contributed by atoms with Crippen LogP contribution in [0.15, 0.2) is 60.7 Å². The molecule has 3 aromatic carbocycles. The molecular formula is C21H13F3N2O3. The van der Waals surface area contributed by atoms with Crippen LogP contribution in [-0.2, 0) is 11.0 Å². The minimum absolute atomic E-state index is 0.265. The molecule has 0 aromatic heterocycles. The predicted octanol–water partition coefficient (Wildman–Crippen LogP) is 4.09. The maximum absolute atomic E-state index is 13.1. The Labute approximate surface area is 162 Å². The molecule has 0 bridgehead atoms. The molecule has 0 unspecified atom stereocenters. The van der Waals surface area contributed by atoms with Crippen LogP contribution in [0.1, 0.15) is 26.3 Å². The van der Waals surface area contributed by atoms with Crippen molar-refractivity contribution in [2.75, 3.05) is 11.9 Å². The molecule has 5 nitrogen and oxygen atoms in total. The summed E-state index contributed by atoms with van der Waals surface area (Å²) in [6, 6.07) is 14.4. The van der Waals surface area contributed by atoms with Crippen molar-refractivity contribution in [3.8, 4) is 0 Å². The summed E-state index contributed by atoms with van der Waals surface area (Å²) in [7, 11) is 0. The average molecular weight is 398 g/mol. The van der Waals surface area contributed by atoms with Gasteiger partial charge in [0.25, 0.3) is 11.8 Å². The maximum atomic E-state index is 13.1. The van der Waals surface area contributed by atoms with Crippen LogP contribution < -0.4 is 5.32 Å². The summed E-state index contributed by atoms with van der Waals surface area (Å²) in [6.07, 6.45) is -4.66. The predicted molar refractivity (Wildman–Crippen MR) is 99.4 cm³/mol. The van der Waals surface area contributed by atoms with E-state index in [0.29, 0.717) is 10.8 Å². The number of imide groups is 1. The fraction of sp³-hybridized carbons (Fsp3) is 0.0952. The summed E-state index contributed by atoms with van der Waals surface area (Å²) >= 11 is 0. The number of nitrogens with zero attached hydrogens (tertiary/aromatic N) is 1. The van der Waals surface area contributed by atoms with Gasteiger partial charge in [-0.2, -0.15) is 13.2 Å². The second-order valence-electron chi connectivity index (χ2n) is 6.50. The quantitative estimate of drug-likeness (QED) is 0.676. The Morgan fingerprint density at radius 2 is 1.45 bits per heavy atom. The summed E-state index contributed by atoms with van der Waals surface area (Å²) in [6.45, 7) is -0.700. The molecule has 0 radical (unpaired) electrons.